The summed E-state index contributed by atoms with van der Waals surface area (Å²) in [5.74, 6) is 0.401. The van der Waals surface area contributed by atoms with Crippen LogP contribution >= 0.6 is 11.6 Å². The zero-order valence-corrected chi connectivity index (χ0v) is 11.5. The standard InChI is InChI=1S/C16H12ClFO2/c1-9-12-6-15(19)14(17)7-16(12)20-8-13(9)10-2-4-11(18)5-3-10/h2-7,19H,8H2,1H3. The van der Waals surface area contributed by atoms with E-state index in [0.29, 0.717) is 12.4 Å². The Hall–Kier alpha value is -2.00. The molecule has 0 radical (unpaired) electrons. The molecule has 0 aliphatic carbocycles. The number of allylic oxidation sites excluding steroid dienone is 1. The van der Waals surface area contributed by atoms with Gasteiger partial charge in [0, 0.05) is 17.2 Å². The zero-order chi connectivity index (χ0) is 14.3. The molecule has 0 aromatic heterocycles. The number of ether oxygens (including phenoxy) is 1. The van der Waals surface area contributed by atoms with E-state index in [-0.39, 0.29) is 16.6 Å². The maximum atomic E-state index is 13.0. The third-order valence-corrected chi connectivity index (χ3v) is 3.77. The van der Waals surface area contributed by atoms with Crippen LogP contribution in [-0.2, 0) is 0 Å². The fourth-order valence-electron chi connectivity index (χ4n) is 2.33. The third-order valence-electron chi connectivity index (χ3n) is 3.47. The summed E-state index contributed by atoms with van der Waals surface area (Å²) < 4.78 is 18.7. The number of aromatic hydroxyl groups is 1. The van der Waals surface area contributed by atoms with Crippen LogP contribution in [0.2, 0.25) is 5.02 Å². The van der Waals surface area contributed by atoms with Crippen molar-refractivity contribution in [2.75, 3.05) is 6.61 Å². The first-order valence-electron chi connectivity index (χ1n) is 6.17. The van der Waals surface area contributed by atoms with Crippen LogP contribution in [-0.4, -0.2) is 11.7 Å². The topological polar surface area (TPSA) is 29.5 Å². The van der Waals surface area contributed by atoms with Gasteiger partial charge in [0.25, 0.3) is 0 Å². The van der Waals surface area contributed by atoms with Gasteiger partial charge in [0.2, 0.25) is 0 Å². The number of hydrogen-bond donors (Lipinski definition) is 1. The Kier molecular flexibility index (Phi) is 3.14. The van der Waals surface area contributed by atoms with Crippen LogP contribution in [0.4, 0.5) is 4.39 Å². The van der Waals surface area contributed by atoms with E-state index in [1.165, 1.54) is 12.1 Å². The summed E-state index contributed by atoms with van der Waals surface area (Å²) >= 11 is 5.88. The van der Waals surface area contributed by atoms with E-state index in [1.807, 2.05) is 6.92 Å². The van der Waals surface area contributed by atoms with Crippen LogP contribution in [0.1, 0.15) is 18.1 Å². The lowest BCUT2D eigenvalue weighted by atomic mass is 9.93. The Morgan fingerprint density at radius 1 is 1.20 bits per heavy atom. The number of phenolic OH excluding ortho intramolecular Hbond substituents is 1. The van der Waals surface area contributed by atoms with Crippen molar-refractivity contribution in [3.05, 3.63) is 58.4 Å². The Balaban J connectivity index is 2.13. The minimum Gasteiger partial charge on any atom is -0.506 e. The third kappa shape index (κ3) is 2.14. The predicted octanol–water partition coefficient (Wildman–Crippen LogP) is 4.51. The summed E-state index contributed by atoms with van der Waals surface area (Å²) in [6, 6.07) is 9.48. The lowest BCUT2D eigenvalue weighted by molar-refractivity contribution is 0.363. The quantitative estimate of drug-likeness (QED) is 0.837. The summed E-state index contributed by atoms with van der Waals surface area (Å²) in [7, 11) is 0. The minimum absolute atomic E-state index is 0.0220. The first-order chi connectivity index (χ1) is 9.56. The van der Waals surface area contributed by atoms with Crippen molar-refractivity contribution in [1.82, 2.24) is 0 Å². The zero-order valence-electron chi connectivity index (χ0n) is 10.8. The lowest BCUT2D eigenvalue weighted by Gasteiger charge is -2.23. The summed E-state index contributed by atoms with van der Waals surface area (Å²) in [5, 5.41) is 9.99. The average Bonchev–Trinajstić information content (AvgIpc) is 2.43. The summed E-state index contributed by atoms with van der Waals surface area (Å²) in [5.41, 5.74) is 3.67. The van der Waals surface area contributed by atoms with E-state index < -0.39 is 0 Å². The van der Waals surface area contributed by atoms with Gasteiger partial charge >= 0.3 is 0 Å². The molecule has 0 saturated carbocycles. The highest BCUT2D eigenvalue weighted by Gasteiger charge is 2.20. The maximum absolute atomic E-state index is 13.0. The van der Waals surface area contributed by atoms with Crippen molar-refractivity contribution in [2.24, 2.45) is 0 Å². The number of hydrogen-bond acceptors (Lipinski definition) is 2. The Bertz CT molecular complexity index is 705. The van der Waals surface area contributed by atoms with E-state index in [0.717, 1.165) is 22.3 Å². The first-order valence-corrected chi connectivity index (χ1v) is 6.55. The molecule has 0 bridgehead atoms. The normalized spacial score (nSPS) is 13.9. The Morgan fingerprint density at radius 3 is 2.60 bits per heavy atom. The van der Waals surface area contributed by atoms with Crippen molar-refractivity contribution < 1.29 is 14.2 Å². The number of rotatable bonds is 1. The van der Waals surface area contributed by atoms with Gasteiger partial charge in [-0.05, 0) is 36.3 Å². The van der Waals surface area contributed by atoms with Crippen LogP contribution in [0.3, 0.4) is 0 Å². The molecule has 1 N–H and O–H groups in total. The molecule has 0 fully saturated rings. The smallest absolute Gasteiger partial charge is 0.135 e. The van der Waals surface area contributed by atoms with Gasteiger partial charge < -0.3 is 9.84 Å². The maximum Gasteiger partial charge on any atom is 0.135 e. The molecule has 0 spiro atoms. The van der Waals surface area contributed by atoms with Gasteiger partial charge in [-0.2, -0.15) is 0 Å². The molecule has 1 aliphatic rings. The second-order valence-corrected chi connectivity index (χ2v) is 5.11. The second-order valence-electron chi connectivity index (χ2n) is 4.70. The van der Waals surface area contributed by atoms with Crippen LogP contribution in [0.15, 0.2) is 36.4 Å². The molecule has 0 atom stereocenters. The molecule has 3 rings (SSSR count). The summed E-state index contributed by atoms with van der Waals surface area (Å²) in [6.45, 7) is 2.35. The highest BCUT2D eigenvalue weighted by Crippen LogP contribution is 2.41. The number of phenols is 1. The van der Waals surface area contributed by atoms with Crippen LogP contribution in [0.5, 0.6) is 11.5 Å². The Morgan fingerprint density at radius 2 is 1.90 bits per heavy atom. The molecule has 1 aliphatic heterocycles. The van der Waals surface area contributed by atoms with Crippen molar-refractivity contribution in [3.8, 4) is 11.5 Å². The summed E-state index contributed by atoms with van der Waals surface area (Å²) in [6.07, 6.45) is 0. The SMILES string of the molecule is CC1=C(c2ccc(F)cc2)COc2cc(Cl)c(O)cc21. The second kappa shape index (κ2) is 4.84. The molecule has 20 heavy (non-hydrogen) atoms. The highest BCUT2D eigenvalue weighted by molar-refractivity contribution is 6.32. The number of benzene rings is 2. The number of fused-ring (bicyclic) bond motifs is 1. The van der Waals surface area contributed by atoms with Crippen molar-refractivity contribution in [2.45, 2.75) is 6.92 Å². The van der Waals surface area contributed by atoms with Gasteiger partial charge in [-0.1, -0.05) is 23.7 Å². The van der Waals surface area contributed by atoms with Gasteiger partial charge in [0.1, 0.15) is 23.9 Å². The molecule has 2 nitrogen and oxygen atoms in total. The van der Waals surface area contributed by atoms with Crippen LogP contribution in [0.25, 0.3) is 11.1 Å². The molecule has 2 aromatic carbocycles. The monoisotopic (exact) mass is 290 g/mol. The van der Waals surface area contributed by atoms with E-state index in [4.69, 9.17) is 16.3 Å². The molecule has 0 saturated heterocycles. The van der Waals surface area contributed by atoms with Gasteiger partial charge in [-0.3, -0.25) is 0 Å². The lowest BCUT2D eigenvalue weighted by Crippen LogP contribution is -2.09. The average molecular weight is 291 g/mol. The van der Waals surface area contributed by atoms with E-state index in [9.17, 15) is 9.50 Å². The van der Waals surface area contributed by atoms with E-state index >= 15 is 0 Å². The van der Waals surface area contributed by atoms with Crippen LogP contribution < -0.4 is 4.74 Å². The van der Waals surface area contributed by atoms with Crippen molar-refractivity contribution in [1.29, 1.82) is 0 Å². The minimum atomic E-state index is -0.270. The molecule has 2 aromatic rings. The highest BCUT2D eigenvalue weighted by atomic mass is 35.5. The molecule has 4 heteroatoms. The van der Waals surface area contributed by atoms with E-state index in [1.54, 1.807) is 24.3 Å². The fraction of sp³-hybridized carbons (Fsp3) is 0.125. The molecular formula is C16H12ClFO2. The molecule has 0 unspecified atom stereocenters. The van der Waals surface area contributed by atoms with Gasteiger partial charge in [-0.15, -0.1) is 0 Å². The van der Waals surface area contributed by atoms with Crippen LogP contribution in [0, 0.1) is 5.82 Å². The van der Waals surface area contributed by atoms with Gasteiger partial charge in [-0.25, -0.2) is 4.39 Å². The van der Waals surface area contributed by atoms with E-state index in [2.05, 4.69) is 0 Å². The molecular weight excluding hydrogens is 279 g/mol. The molecule has 1 heterocycles. The molecule has 102 valence electrons. The summed E-state index contributed by atoms with van der Waals surface area (Å²) in [4.78, 5) is 0. The van der Waals surface area contributed by atoms with Gasteiger partial charge in [0.15, 0.2) is 0 Å². The fourth-order valence-corrected chi connectivity index (χ4v) is 2.48. The first kappa shape index (κ1) is 13.0. The van der Waals surface area contributed by atoms with Crippen molar-refractivity contribution in [3.63, 3.8) is 0 Å². The largest absolute Gasteiger partial charge is 0.506 e. The Labute approximate surface area is 121 Å². The van der Waals surface area contributed by atoms with Gasteiger partial charge in [0.05, 0.1) is 5.02 Å². The predicted molar refractivity (Wildman–Crippen MR) is 77.5 cm³/mol. The molecule has 0 amide bonds. The van der Waals surface area contributed by atoms with Crippen molar-refractivity contribution >= 4 is 22.7 Å². The number of halogens is 2.